The van der Waals surface area contributed by atoms with E-state index in [1.807, 2.05) is 59.2 Å². The zero-order valence-corrected chi connectivity index (χ0v) is 18.3. The van der Waals surface area contributed by atoms with Crippen LogP contribution in [0.2, 0.25) is 5.02 Å². The standard InChI is InChI=1S/C24H19ClN2O3S/c1-2-30-24(29)19-15-27(20-7-5-13-26-22(20)23(19)28)14-16-6-3-4-8-21(16)31-18-11-9-17(25)10-12-18/h3-13,15H,2,14H2,1H3. The van der Waals surface area contributed by atoms with E-state index in [1.165, 1.54) is 0 Å². The van der Waals surface area contributed by atoms with Crippen molar-refractivity contribution in [1.82, 2.24) is 9.55 Å². The van der Waals surface area contributed by atoms with Crippen molar-refractivity contribution in [3.8, 4) is 0 Å². The van der Waals surface area contributed by atoms with E-state index >= 15 is 0 Å². The average molecular weight is 451 g/mol. The third-order valence-electron chi connectivity index (χ3n) is 4.69. The summed E-state index contributed by atoms with van der Waals surface area (Å²) in [5.74, 6) is -0.641. The van der Waals surface area contributed by atoms with Crippen LogP contribution in [-0.4, -0.2) is 22.1 Å². The Bertz CT molecular complexity index is 1300. The van der Waals surface area contributed by atoms with Crippen LogP contribution < -0.4 is 5.43 Å². The highest BCUT2D eigenvalue weighted by Gasteiger charge is 2.18. The van der Waals surface area contributed by atoms with Gasteiger partial charge in [0.25, 0.3) is 0 Å². The molecule has 0 saturated carbocycles. The van der Waals surface area contributed by atoms with E-state index in [0.717, 1.165) is 15.4 Å². The molecule has 156 valence electrons. The zero-order valence-electron chi connectivity index (χ0n) is 16.7. The first-order valence-electron chi connectivity index (χ1n) is 9.73. The second kappa shape index (κ2) is 9.37. The molecule has 0 saturated heterocycles. The number of aromatic nitrogens is 2. The maximum absolute atomic E-state index is 12.8. The van der Waals surface area contributed by atoms with Gasteiger partial charge in [-0.25, -0.2) is 4.79 Å². The molecule has 0 atom stereocenters. The smallest absolute Gasteiger partial charge is 0.343 e. The third-order valence-corrected chi connectivity index (χ3v) is 6.07. The molecule has 0 radical (unpaired) electrons. The fourth-order valence-electron chi connectivity index (χ4n) is 3.25. The van der Waals surface area contributed by atoms with Gasteiger partial charge in [0.1, 0.15) is 11.1 Å². The van der Waals surface area contributed by atoms with Crippen LogP contribution in [0.25, 0.3) is 11.0 Å². The van der Waals surface area contributed by atoms with E-state index in [9.17, 15) is 9.59 Å². The minimum atomic E-state index is -0.641. The molecule has 31 heavy (non-hydrogen) atoms. The van der Waals surface area contributed by atoms with Gasteiger partial charge in [-0.2, -0.15) is 0 Å². The van der Waals surface area contributed by atoms with Gasteiger partial charge in [0.2, 0.25) is 5.43 Å². The first-order valence-corrected chi connectivity index (χ1v) is 10.9. The third kappa shape index (κ3) is 4.65. The van der Waals surface area contributed by atoms with Gasteiger partial charge >= 0.3 is 5.97 Å². The van der Waals surface area contributed by atoms with Gasteiger partial charge in [0, 0.05) is 33.8 Å². The number of halogens is 1. The van der Waals surface area contributed by atoms with Crippen molar-refractivity contribution in [2.24, 2.45) is 0 Å². The average Bonchev–Trinajstić information content (AvgIpc) is 2.78. The molecule has 0 spiro atoms. The van der Waals surface area contributed by atoms with Crippen molar-refractivity contribution in [2.75, 3.05) is 6.61 Å². The molecule has 0 amide bonds. The van der Waals surface area contributed by atoms with Crippen molar-refractivity contribution >= 4 is 40.4 Å². The lowest BCUT2D eigenvalue weighted by Crippen LogP contribution is -2.22. The summed E-state index contributed by atoms with van der Waals surface area (Å²) in [7, 11) is 0. The Morgan fingerprint density at radius 3 is 2.65 bits per heavy atom. The quantitative estimate of drug-likeness (QED) is 0.367. The van der Waals surface area contributed by atoms with Gasteiger partial charge in [-0.1, -0.05) is 41.6 Å². The molecule has 0 aliphatic rings. The lowest BCUT2D eigenvalue weighted by molar-refractivity contribution is 0.0524. The monoisotopic (exact) mass is 450 g/mol. The SMILES string of the molecule is CCOC(=O)c1cn(Cc2ccccc2Sc2ccc(Cl)cc2)c2cccnc2c1=O. The number of hydrogen-bond acceptors (Lipinski definition) is 5. The van der Waals surface area contributed by atoms with E-state index in [4.69, 9.17) is 16.3 Å². The van der Waals surface area contributed by atoms with Crippen molar-refractivity contribution in [3.63, 3.8) is 0 Å². The topological polar surface area (TPSA) is 61.2 Å². The molecule has 5 nitrogen and oxygen atoms in total. The second-order valence-corrected chi connectivity index (χ2v) is 8.31. The number of esters is 1. The van der Waals surface area contributed by atoms with E-state index in [-0.39, 0.29) is 17.7 Å². The summed E-state index contributed by atoms with van der Waals surface area (Å²) < 4.78 is 6.95. The molecule has 2 aromatic carbocycles. The lowest BCUT2D eigenvalue weighted by atomic mass is 10.1. The number of carbonyl (C=O) groups excluding carboxylic acids is 1. The predicted molar refractivity (Wildman–Crippen MR) is 123 cm³/mol. The fourth-order valence-corrected chi connectivity index (χ4v) is 4.31. The van der Waals surface area contributed by atoms with Gasteiger partial charge in [0.15, 0.2) is 0 Å². The first-order chi connectivity index (χ1) is 15.1. The van der Waals surface area contributed by atoms with Gasteiger partial charge < -0.3 is 9.30 Å². The van der Waals surface area contributed by atoms with Crippen molar-refractivity contribution in [1.29, 1.82) is 0 Å². The Balaban J connectivity index is 1.77. The minimum Gasteiger partial charge on any atom is -0.462 e. The Morgan fingerprint density at radius 2 is 1.87 bits per heavy atom. The van der Waals surface area contributed by atoms with Crippen molar-refractivity contribution in [3.05, 3.63) is 99.4 Å². The van der Waals surface area contributed by atoms with Gasteiger partial charge in [-0.05, 0) is 55.0 Å². The van der Waals surface area contributed by atoms with Crippen LogP contribution in [0.5, 0.6) is 0 Å². The summed E-state index contributed by atoms with van der Waals surface area (Å²) in [4.78, 5) is 31.5. The van der Waals surface area contributed by atoms with Crippen molar-refractivity contribution in [2.45, 2.75) is 23.3 Å². The number of nitrogens with zero attached hydrogens (tertiary/aromatic N) is 2. The highest BCUT2D eigenvalue weighted by molar-refractivity contribution is 7.99. The van der Waals surface area contributed by atoms with Crippen LogP contribution in [-0.2, 0) is 11.3 Å². The van der Waals surface area contributed by atoms with Crippen LogP contribution in [0.1, 0.15) is 22.8 Å². The number of pyridine rings is 2. The highest BCUT2D eigenvalue weighted by atomic mass is 35.5. The van der Waals surface area contributed by atoms with E-state index in [2.05, 4.69) is 4.98 Å². The summed E-state index contributed by atoms with van der Waals surface area (Å²) in [6, 6.07) is 19.3. The number of fused-ring (bicyclic) bond motifs is 1. The molecular formula is C24H19ClN2O3S. The van der Waals surface area contributed by atoms with Crippen LogP contribution in [0, 0.1) is 0 Å². The Labute approximate surface area is 188 Å². The Hall–Kier alpha value is -3.09. The Kier molecular flexibility index (Phi) is 6.39. The van der Waals surface area contributed by atoms with Gasteiger partial charge in [-0.15, -0.1) is 0 Å². The molecule has 0 N–H and O–H groups in total. The summed E-state index contributed by atoms with van der Waals surface area (Å²) >= 11 is 7.63. The Morgan fingerprint density at radius 1 is 1.10 bits per heavy atom. The maximum Gasteiger partial charge on any atom is 0.343 e. The molecule has 0 aliphatic heterocycles. The van der Waals surface area contributed by atoms with Gasteiger partial charge in [0.05, 0.1) is 12.1 Å². The summed E-state index contributed by atoms with van der Waals surface area (Å²) in [6.45, 7) is 2.37. The molecular weight excluding hydrogens is 432 g/mol. The zero-order chi connectivity index (χ0) is 21.8. The van der Waals surface area contributed by atoms with Crippen LogP contribution in [0.15, 0.2) is 87.6 Å². The van der Waals surface area contributed by atoms with Crippen LogP contribution in [0.4, 0.5) is 0 Å². The van der Waals surface area contributed by atoms with Gasteiger partial charge in [-0.3, -0.25) is 9.78 Å². The molecule has 0 aliphatic carbocycles. The van der Waals surface area contributed by atoms with E-state index < -0.39 is 11.4 Å². The molecule has 0 fully saturated rings. The molecule has 4 aromatic rings. The summed E-state index contributed by atoms with van der Waals surface area (Å²) in [5, 5.41) is 0.691. The molecule has 4 rings (SSSR count). The number of hydrogen-bond donors (Lipinski definition) is 0. The van der Waals surface area contributed by atoms with Crippen LogP contribution >= 0.6 is 23.4 Å². The molecule has 0 unspecified atom stereocenters. The maximum atomic E-state index is 12.8. The number of ether oxygens (including phenoxy) is 1. The summed E-state index contributed by atoms with van der Waals surface area (Å²) in [5.41, 5.74) is 1.51. The molecule has 0 bridgehead atoms. The largest absolute Gasteiger partial charge is 0.462 e. The second-order valence-electron chi connectivity index (χ2n) is 6.76. The lowest BCUT2D eigenvalue weighted by Gasteiger charge is -2.15. The number of benzene rings is 2. The first kappa shape index (κ1) is 21.2. The fraction of sp³-hybridized carbons (Fsp3) is 0.125. The predicted octanol–water partition coefficient (Wildman–Crippen LogP) is 5.43. The minimum absolute atomic E-state index is 0.0177. The number of carbonyl (C=O) groups is 1. The number of rotatable bonds is 6. The van der Waals surface area contributed by atoms with E-state index in [0.29, 0.717) is 17.1 Å². The van der Waals surface area contributed by atoms with Crippen molar-refractivity contribution < 1.29 is 9.53 Å². The normalized spacial score (nSPS) is 10.9. The molecule has 7 heteroatoms. The molecule has 2 aromatic heterocycles. The molecule has 2 heterocycles. The summed E-state index contributed by atoms with van der Waals surface area (Å²) in [6.07, 6.45) is 3.11. The highest BCUT2D eigenvalue weighted by Crippen LogP contribution is 2.32. The van der Waals surface area contributed by atoms with E-state index in [1.54, 1.807) is 37.1 Å². The van der Waals surface area contributed by atoms with Crippen LogP contribution in [0.3, 0.4) is 0 Å².